The van der Waals surface area contributed by atoms with E-state index >= 15 is 0 Å². The van der Waals surface area contributed by atoms with Gasteiger partial charge in [0.2, 0.25) is 0 Å². The van der Waals surface area contributed by atoms with Crippen molar-refractivity contribution in [2.45, 2.75) is 37.2 Å². The van der Waals surface area contributed by atoms with E-state index in [1.165, 1.54) is 18.4 Å². The molecule has 1 N–H and O–H groups in total. The fraction of sp³-hybridized carbons (Fsp3) is 0.571. The highest BCUT2D eigenvalue weighted by molar-refractivity contribution is 8.00. The topological polar surface area (TPSA) is 46.2 Å². The molecule has 0 aliphatic heterocycles. The Morgan fingerprint density at radius 1 is 1.26 bits per heavy atom. The minimum absolute atomic E-state index is 0.235. The average Bonchev–Trinajstić information content (AvgIpc) is 3.22. The predicted octanol–water partition coefficient (Wildman–Crippen LogP) is 2.47. The van der Waals surface area contributed by atoms with Gasteiger partial charge in [-0.2, -0.15) is 0 Å². The molecule has 1 aliphatic carbocycles. The summed E-state index contributed by atoms with van der Waals surface area (Å²) in [6, 6.07) is 9.12. The highest BCUT2D eigenvalue weighted by Gasteiger charge is 2.19. The second-order valence-electron chi connectivity index (χ2n) is 4.88. The Bertz CT molecular complexity index is 493. The first-order valence-electron chi connectivity index (χ1n) is 6.74. The maximum atomic E-state index is 11.4. The number of rotatable bonds is 8. The molecule has 0 unspecified atom stereocenters. The number of thioether (sulfide) groups is 1. The van der Waals surface area contributed by atoms with Crippen LogP contribution in [-0.4, -0.2) is 31.7 Å². The zero-order valence-corrected chi connectivity index (χ0v) is 12.9. The number of benzene rings is 1. The number of hydrogen-bond donors (Lipinski definition) is 1. The first kappa shape index (κ1) is 14.9. The van der Waals surface area contributed by atoms with E-state index in [9.17, 15) is 8.42 Å². The Morgan fingerprint density at radius 3 is 2.53 bits per heavy atom. The monoisotopic (exact) mass is 299 g/mol. The second-order valence-corrected chi connectivity index (χ2v) is 8.53. The van der Waals surface area contributed by atoms with Crippen LogP contribution >= 0.6 is 11.8 Å². The third-order valence-electron chi connectivity index (χ3n) is 3.20. The van der Waals surface area contributed by atoms with Gasteiger partial charge in [-0.25, -0.2) is 8.42 Å². The van der Waals surface area contributed by atoms with Crippen molar-refractivity contribution in [2.75, 3.05) is 17.3 Å². The summed E-state index contributed by atoms with van der Waals surface area (Å²) in [6.07, 6.45) is 2.61. The number of hydrogen-bond acceptors (Lipinski definition) is 4. The molecular weight excluding hydrogens is 278 g/mol. The van der Waals surface area contributed by atoms with E-state index in [0.717, 1.165) is 17.5 Å². The van der Waals surface area contributed by atoms with Crippen LogP contribution in [0, 0.1) is 0 Å². The quantitative estimate of drug-likeness (QED) is 0.749. The van der Waals surface area contributed by atoms with Gasteiger partial charge in [-0.15, -0.1) is 11.8 Å². The summed E-state index contributed by atoms with van der Waals surface area (Å²) >= 11 is 1.61. The molecule has 1 fully saturated rings. The Kier molecular flexibility index (Phi) is 5.30. The summed E-state index contributed by atoms with van der Waals surface area (Å²) in [5.41, 5.74) is 1.29. The molecule has 2 rings (SSSR count). The maximum Gasteiger partial charge on any atom is 0.150 e. The van der Waals surface area contributed by atoms with Gasteiger partial charge in [0.05, 0.1) is 5.75 Å². The fourth-order valence-electron chi connectivity index (χ4n) is 1.68. The summed E-state index contributed by atoms with van der Waals surface area (Å²) in [7, 11) is -2.84. The van der Waals surface area contributed by atoms with Crippen LogP contribution in [-0.2, 0) is 16.4 Å². The largest absolute Gasteiger partial charge is 0.310 e. The van der Waals surface area contributed by atoms with Crippen molar-refractivity contribution in [1.29, 1.82) is 0 Å². The molecule has 0 bridgehead atoms. The molecule has 0 radical (unpaired) electrons. The van der Waals surface area contributed by atoms with Crippen molar-refractivity contribution in [3.05, 3.63) is 29.8 Å². The first-order valence-corrected chi connectivity index (χ1v) is 9.55. The molecule has 0 saturated heterocycles. The smallest absolute Gasteiger partial charge is 0.150 e. The molecule has 0 amide bonds. The lowest BCUT2D eigenvalue weighted by Gasteiger charge is -2.05. The SMILES string of the molecule is CCS(=O)(=O)CCSc1ccc(CNC2CC2)cc1. The highest BCUT2D eigenvalue weighted by atomic mass is 32.2. The van der Waals surface area contributed by atoms with Gasteiger partial charge in [0.25, 0.3) is 0 Å². The van der Waals surface area contributed by atoms with Crippen molar-refractivity contribution in [3.63, 3.8) is 0 Å². The minimum atomic E-state index is -2.84. The molecule has 0 heterocycles. The van der Waals surface area contributed by atoms with Gasteiger partial charge in [-0.05, 0) is 30.5 Å². The van der Waals surface area contributed by atoms with Gasteiger partial charge in [0.15, 0.2) is 9.84 Å². The standard InChI is InChI=1S/C14H21NO2S2/c1-2-19(16,17)10-9-18-14-7-3-12(4-8-14)11-15-13-5-6-13/h3-4,7-8,13,15H,2,5-6,9-11H2,1H3. The fourth-order valence-corrected chi connectivity index (χ4v) is 3.89. The minimum Gasteiger partial charge on any atom is -0.310 e. The maximum absolute atomic E-state index is 11.4. The van der Waals surface area contributed by atoms with Crippen LogP contribution in [0.25, 0.3) is 0 Å². The van der Waals surface area contributed by atoms with Crippen molar-refractivity contribution < 1.29 is 8.42 Å². The first-order chi connectivity index (χ1) is 9.09. The van der Waals surface area contributed by atoms with Crippen LogP contribution in [0.2, 0.25) is 0 Å². The van der Waals surface area contributed by atoms with Gasteiger partial charge >= 0.3 is 0 Å². The average molecular weight is 299 g/mol. The highest BCUT2D eigenvalue weighted by Crippen LogP contribution is 2.21. The molecule has 106 valence electrons. The van der Waals surface area contributed by atoms with Crippen LogP contribution in [0.3, 0.4) is 0 Å². The summed E-state index contributed by atoms with van der Waals surface area (Å²) < 4.78 is 22.8. The van der Waals surface area contributed by atoms with E-state index in [1.54, 1.807) is 18.7 Å². The van der Waals surface area contributed by atoms with E-state index in [-0.39, 0.29) is 11.5 Å². The lowest BCUT2D eigenvalue weighted by Crippen LogP contribution is -2.15. The van der Waals surface area contributed by atoms with Gasteiger partial charge in [-0.3, -0.25) is 0 Å². The van der Waals surface area contributed by atoms with E-state index in [2.05, 4.69) is 29.6 Å². The molecule has 1 saturated carbocycles. The third kappa shape index (κ3) is 5.55. The molecule has 19 heavy (non-hydrogen) atoms. The summed E-state index contributed by atoms with van der Waals surface area (Å²) in [5.74, 6) is 1.13. The Labute approximate surface area is 120 Å². The normalized spacial score (nSPS) is 15.6. The van der Waals surface area contributed by atoms with E-state index < -0.39 is 9.84 Å². The Morgan fingerprint density at radius 2 is 1.95 bits per heavy atom. The Balaban J connectivity index is 1.74. The van der Waals surface area contributed by atoms with Crippen LogP contribution in [0.5, 0.6) is 0 Å². The zero-order chi connectivity index (χ0) is 13.7. The van der Waals surface area contributed by atoms with Crippen LogP contribution in [0.15, 0.2) is 29.2 Å². The van der Waals surface area contributed by atoms with Gasteiger partial charge in [0.1, 0.15) is 0 Å². The van der Waals surface area contributed by atoms with E-state index in [1.807, 2.05) is 0 Å². The van der Waals surface area contributed by atoms with Crippen LogP contribution < -0.4 is 5.32 Å². The molecule has 1 aromatic carbocycles. The van der Waals surface area contributed by atoms with Crippen molar-refractivity contribution in [1.82, 2.24) is 5.32 Å². The van der Waals surface area contributed by atoms with E-state index in [4.69, 9.17) is 0 Å². The predicted molar refractivity (Wildman–Crippen MR) is 81.4 cm³/mol. The summed E-state index contributed by atoms with van der Waals surface area (Å²) in [4.78, 5) is 1.14. The lowest BCUT2D eigenvalue weighted by atomic mass is 10.2. The lowest BCUT2D eigenvalue weighted by molar-refractivity contribution is 0.599. The van der Waals surface area contributed by atoms with Crippen molar-refractivity contribution in [3.8, 4) is 0 Å². The molecule has 0 aromatic heterocycles. The summed E-state index contributed by atoms with van der Waals surface area (Å²) in [5, 5.41) is 3.48. The third-order valence-corrected chi connectivity index (χ3v) is 6.18. The second kappa shape index (κ2) is 6.77. The summed E-state index contributed by atoms with van der Waals surface area (Å²) in [6.45, 7) is 2.63. The zero-order valence-electron chi connectivity index (χ0n) is 11.3. The Hall–Kier alpha value is -0.520. The van der Waals surface area contributed by atoms with Gasteiger partial charge in [0, 0.05) is 29.0 Å². The van der Waals surface area contributed by atoms with E-state index in [0.29, 0.717) is 5.75 Å². The van der Waals surface area contributed by atoms with Crippen LogP contribution in [0.1, 0.15) is 25.3 Å². The van der Waals surface area contributed by atoms with Crippen molar-refractivity contribution in [2.24, 2.45) is 0 Å². The molecule has 0 spiro atoms. The molecule has 1 aromatic rings. The molecule has 0 atom stereocenters. The molecule has 5 heteroatoms. The van der Waals surface area contributed by atoms with Gasteiger partial charge in [-0.1, -0.05) is 19.1 Å². The molecular formula is C14H21NO2S2. The number of nitrogens with one attached hydrogen (secondary N) is 1. The number of sulfone groups is 1. The van der Waals surface area contributed by atoms with Gasteiger partial charge < -0.3 is 5.32 Å². The van der Waals surface area contributed by atoms with Crippen molar-refractivity contribution >= 4 is 21.6 Å². The molecule has 3 nitrogen and oxygen atoms in total. The molecule has 1 aliphatic rings. The van der Waals surface area contributed by atoms with Crippen LogP contribution in [0.4, 0.5) is 0 Å².